The molecule has 96 valence electrons. The third kappa shape index (κ3) is 1.40. The van der Waals surface area contributed by atoms with Crippen molar-refractivity contribution in [1.29, 1.82) is 0 Å². The summed E-state index contributed by atoms with van der Waals surface area (Å²) >= 11 is 0. The molecule has 2 aliphatic rings. The summed E-state index contributed by atoms with van der Waals surface area (Å²) < 4.78 is 23.3. The summed E-state index contributed by atoms with van der Waals surface area (Å²) in [6.07, 6.45) is -1.13. The Kier molecular flexibility index (Phi) is 2.85. The van der Waals surface area contributed by atoms with Gasteiger partial charge in [0.1, 0.15) is 6.17 Å². The zero-order valence-electron chi connectivity index (χ0n) is 10.0. The second kappa shape index (κ2) is 3.94. The number of nitrogens with one attached hydrogen (secondary N) is 1. The van der Waals surface area contributed by atoms with Crippen LogP contribution in [0.3, 0.4) is 0 Å². The Morgan fingerprint density at radius 2 is 2.00 bits per heavy atom. The highest BCUT2D eigenvalue weighted by atomic mass is 19.1. The molecule has 1 N–H and O–H groups in total. The highest BCUT2D eigenvalue weighted by Crippen LogP contribution is 2.63. The average Bonchev–Trinajstić information content (AvgIpc) is 2.96. The van der Waals surface area contributed by atoms with Gasteiger partial charge in [0.25, 0.3) is 0 Å². The quantitative estimate of drug-likeness (QED) is 0.703. The van der Waals surface area contributed by atoms with Crippen LogP contribution >= 0.6 is 0 Å². The van der Waals surface area contributed by atoms with Crippen LogP contribution in [0.5, 0.6) is 0 Å². The fourth-order valence-corrected chi connectivity index (χ4v) is 3.24. The molecule has 2 rings (SSSR count). The Labute approximate surface area is 98.6 Å². The molecule has 0 spiro atoms. The van der Waals surface area contributed by atoms with Crippen LogP contribution in [0.25, 0.3) is 0 Å². The van der Waals surface area contributed by atoms with Gasteiger partial charge in [0, 0.05) is 5.92 Å². The molecule has 0 aromatic heterocycles. The monoisotopic (exact) mass is 245 g/mol. The van der Waals surface area contributed by atoms with Gasteiger partial charge in [-0.15, -0.1) is 0 Å². The molecule has 17 heavy (non-hydrogen) atoms. The van der Waals surface area contributed by atoms with Crippen LogP contribution in [0.1, 0.15) is 6.42 Å². The number of halogens is 1. The number of alkyl halides is 1. The van der Waals surface area contributed by atoms with Crippen LogP contribution in [0.2, 0.25) is 0 Å². The highest BCUT2D eigenvalue weighted by molar-refractivity contribution is 5.88. The van der Waals surface area contributed by atoms with Gasteiger partial charge in [0.05, 0.1) is 20.1 Å². The minimum absolute atomic E-state index is 0.121. The summed E-state index contributed by atoms with van der Waals surface area (Å²) in [5, 5.41) is 2.72. The maximum absolute atomic E-state index is 14.0. The molecule has 0 aromatic rings. The smallest absolute Gasteiger partial charge is 0.329 e. The van der Waals surface area contributed by atoms with Crippen LogP contribution in [-0.2, 0) is 19.1 Å². The first kappa shape index (κ1) is 12.3. The Hall–Kier alpha value is -1.17. The second-order valence-corrected chi connectivity index (χ2v) is 4.55. The molecule has 5 nitrogen and oxygen atoms in total. The van der Waals surface area contributed by atoms with Crippen molar-refractivity contribution in [2.75, 3.05) is 21.3 Å². The van der Waals surface area contributed by atoms with E-state index in [0.717, 1.165) is 0 Å². The number of likely N-dealkylation sites (N-methyl/N-ethyl adjacent to an activating group) is 1. The number of ether oxygens (including phenoxy) is 2. The summed E-state index contributed by atoms with van der Waals surface area (Å²) in [7, 11) is 4.03. The molecular formula is C11H16FNO4. The molecule has 2 fully saturated rings. The van der Waals surface area contributed by atoms with Crippen molar-refractivity contribution in [3.05, 3.63) is 0 Å². The van der Waals surface area contributed by atoms with E-state index >= 15 is 0 Å². The number of carbonyl (C=O) groups is 2. The molecule has 0 saturated heterocycles. The topological polar surface area (TPSA) is 64.6 Å². The van der Waals surface area contributed by atoms with Gasteiger partial charge < -0.3 is 14.8 Å². The molecule has 0 radical (unpaired) electrons. The van der Waals surface area contributed by atoms with Gasteiger partial charge in [-0.2, -0.15) is 0 Å². The SMILES string of the molecule is CN[C@]1(C(=O)OC)[C@H]2[C@@H](C[C@@H]1F)[C@@H]2C(=O)OC. The van der Waals surface area contributed by atoms with Gasteiger partial charge in [0.2, 0.25) is 0 Å². The number of carbonyl (C=O) groups excluding carboxylic acids is 2. The maximum atomic E-state index is 14.0. The molecule has 0 amide bonds. The standard InChI is InChI=1S/C11H16FNO4/c1-13-11(10(15)17-3)6(12)4-5-7(8(5)11)9(14)16-2/h5-8,13H,4H2,1-3H3/t5-,6-,7-,8-,11-/m0/s1. The summed E-state index contributed by atoms with van der Waals surface area (Å²) in [6.45, 7) is 0. The predicted molar refractivity (Wildman–Crippen MR) is 55.8 cm³/mol. The lowest BCUT2D eigenvalue weighted by molar-refractivity contribution is -0.153. The van der Waals surface area contributed by atoms with E-state index in [-0.39, 0.29) is 24.2 Å². The Morgan fingerprint density at radius 1 is 1.35 bits per heavy atom. The molecule has 2 saturated carbocycles. The largest absolute Gasteiger partial charge is 0.469 e. The molecule has 0 aliphatic heterocycles. The van der Waals surface area contributed by atoms with Gasteiger partial charge in [-0.05, 0) is 19.4 Å². The first-order valence-electron chi connectivity index (χ1n) is 5.53. The van der Waals surface area contributed by atoms with Gasteiger partial charge in [0.15, 0.2) is 5.54 Å². The number of methoxy groups -OCH3 is 2. The number of esters is 2. The predicted octanol–water partition coefficient (Wildman–Crippen LogP) is -0.105. The Balaban J connectivity index is 2.27. The molecule has 5 atom stereocenters. The van der Waals surface area contributed by atoms with Gasteiger partial charge in [-0.1, -0.05) is 0 Å². The lowest BCUT2D eigenvalue weighted by Crippen LogP contribution is -2.58. The van der Waals surface area contributed by atoms with Gasteiger partial charge >= 0.3 is 11.9 Å². The molecule has 0 unspecified atom stereocenters. The summed E-state index contributed by atoms with van der Waals surface area (Å²) in [5.74, 6) is -1.90. The highest BCUT2D eigenvalue weighted by Gasteiger charge is 2.76. The van der Waals surface area contributed by atoms with Crippen LogP contribution in [0.4, 0.5) is 4.39 Å². The number of hydrogen-bond acceptors (Lipinski definition) is 5. The van der Waals surface area contributed by atoms with E-state index in [1.807, 2.05) is 0 Å². The average molecular weight is 245 g/mol. The van der Waals surface area contributed by atoms with Gasteiger partial charge in [-0.25, -0.2) is 9.18 Å². The van der Waals surface area contributed by atoms with E-state index in [4.69, 9.17) is 0 Å². The summed E-state index contributed by atoms with van der Waals surface area (Å²) in [4.78, 5) is 23.3. The molecule has 0 heterocycles. The molecule has 6 heteroatoms. The van der Waals surface area contributed by atoms with Crippen LogP contribution in [-0.4, -0.2) is 44.9 Å². The first-order valence-corrected chi connectivity index (χ1v) is 5.53. The molecule has 0 bridgehead atoms. The Bertz CT molecular complexity index is 361. The molecule has 2 aliphatic carbocycles. The van der Waals surface area contributed by atoms with E-state index < -0.39 is 23.6 Å². The van der Waals surface area contributed by atoms with E-state index in [1.165, 1.54) is 21.3 Å². The van der Waals surface area contributed by atoms with Crippen molar-refractivity contribution >= 4 is 11.9 Å². The number of hydrogen-bond donors (Lipinski definition) is 1. The minimum atomic E-state index is -1.39. The zero-order chi connectivity index (χ0) is 12.8. The third-order valence-electron chi connectivity index (χ3n) is 4.08. The van der Waals surface area contributed by atoms with Crippen molar-refractivity contribution < 1.29 is 23.5 Å². The third-order valence-corrected chi connectivity index (χ3v) is 4.08. The molecule has 0 aromatic carbocycles. The minimum Gasteiger partial charge on any atom is -0.469 e. The van der Waals surface area contributed by atoms with Gasteiger partial charge in [-0.3, -0.25) is 4.79 Å². The van der Waals surface area contributed by atoms with E-state index in [9.17, 15) is 14.0 Å². The van der Waals surface area contributed by atoms with E-state index in [2.05, 4.69) is 14.8 Å². The summed E-state index contributed by atoms with van der Waals surface area (Å²) in [5.41, 5.74) is -1.39. The van der Waals surface area contributed by atoms with Crippen molar-refractivity contribution in [3.63, 3.8) is 0 Å². The van der Waals surface area contributed by atoms with Crippen LogP contribution in [0.15, 0.2) is 0 Å². The summed E-state index contributed by atoms with van der Waals surface area (Å²) in [6, 6.07) is 0. The maximum Gasteiger partial charge on any atom is 0.329 e. The van der Waals surface area contributed by atoms with Crippen molar-refractivity contribution in [3.8, 4) is 0 Å². The zero-order valence-corrected chi connectivity index (χ0v) is 10.0. The van der Waals surface area contributed by atoms with Crippen LogP contribution < -0.4 is 5.32 Å². The number of rotatable bonds is 3. The fourth-order valence-electron chi connectivity index (χ4n) is 3.24. The lowest BCUT2D eigenvalue weighted by atomic mass is 9.89. The lowest BCUT2D eigenvalue weighted by Gasteiger charge is -2.31. The van der Waals surface area contributed by atoms with Crippen molar-refractivity contribution in [1.82, 2.24) is 5.32 Å². The fraction of sp³-hybridized carbons (Fsp3) is 0.818. The van der Waals surface area contributed by atoms with Crippen molar-refractivity contribution in [2.24, 2.45) is 17.8 Å². The van der Waals surface area contributed by atoms with E-state index in [1.54, 1.807) is 0 Å². The molecular weight excluding hydrogens is 229 g/mol. The normalized spacial score (nSPS) is 42.8. The second-order valence-electron chi connectivity index (χ2n) is 4.55. The number of fused-ring (bicyclic) bond motifs is 1. The van der Waals surface area contributed by atoms with Crippen LogP contribution in [0, 0.1) is 17.8 Å². The van der Waals surface area contributed by atoms with Crippen molar-refractivity contribution in [2.45, 2.75) is 18.1 Å². The first-order chi connectivity index (χ1) is 8.04. The Morgan fingerprint density at radius 3 is 2.47 bits per heavy atom. The van der Waals surface area contributed by atoms with E-state index in [0.29, 0.717) is 0 Å².